The quantitative estimate of drug-likeness (QED) is 0.912. The highest BCUT2D eigenvalue weighted by Gasteiger charge is 2.20. The second kappa shape index (κ2) is 5.49. The van der Waals surface area contributed by atoms with Gasteiger partial charge in [0.2, 0.25) is 0 Å². The second-order valence-electron chi connectivity index (χ2n) is 4.58. The molecular weight excluding hydrogens is 262 g/mol. The number of aromatic nitrogens is 1. The lowest BCUT2D eigenvalue weighted by molar-refractivity contribution is -0.140. The Morgan fingerprint density at radius 2 is 2.00 bits per heavy atom. The lowest BCUT2D eigenvalue weighted by Gasteiger charge is -2.16. The summed E-state index contributed by atoms with van der Waals surface area (Å²) < 4.78 is 1.82. The van der Waals surface area contributed by atoms with Gasteiger partial charge in [0.05, 0.1) is 0 Å². The van der Waals surface area contributed by atoms with Gasteiger partial charge in [-0.1, -0.05) is 30.7 Å². The molecule has 0 aliphatic carbocycles. The number of benzene rings is 1. The summed E-state index contributed by atoms with van der Waals surface area (Å²) in [5.74, 6) is -0.812. The van der Waals surface area contributed by atoms with E-state index in [0.717, 1.165) is 16.8 Å². The number of rotatable bonds is 4. The monoisotopic (exact) mass is 277 g/mol. The van der Waals surface area contributed by atoms with E-state index in [1.165, 1.54) is 0 Å². The van der Waals surface area contributed by atoms with Crippen molar-refractivity contribution in [2.24, 2.45) is 0 Å². The van der Waals surface area contributed by atoms with Gasteiger partial charge in [-0.05, 0) is 42.7 Å². The Morgan fingerprint density at radius 1 is 1.37 bits per heavy atom. The molecule has 1 aromatic carbocycles. The maximum Gasteiger partial charge on any atom is 0.326 e. The van der Waals surface area contributed by atoms with Gasteiger partial charge in [0.15, 0.2) is 0 Å². The number of carbonyl (C=O) groups is 1. The average molecular weight is 278 g/mol. The highest BCUT2D eigenvalue weighted by molar-refractivity contribution is 6.30. The summed E-state index contributed by atoms with van der Waals surface area (Å²) in [6, 6.07) is 8.88. The van der Waals surface area contributed by atoms with Crippen LogP contribution in [0.1, 0.15) is 24.9 Å². The van der Waals surface area contributed by atoms with Crippen molar-refractivity contribution in [3.63, 3.8) is 0 Å². The predicted molar refractivity (Wildman–Crippen MR) is 76.6 cm³/mol. The van der Waals surface area contributed by atoms with Crippen molar-refractivity contribution in [1.82, 2.24) is 4.57 Å². The summed E-state index contributed by atoms with van der Waals surface area (Å²) in [5, 5.41) is 9.98. The summed E-state index contributed by atoms with van der Waals surface area (Å²) in [5.41, 5.74) is 2.92. The molecule has 3 nitrogen and oxygen atoms in total. The van der Waals surface area contributed by atoms with Crippen LogP contribution in [-0.2, 0) is 4.79 Å². The van der Waals surface area contributed by atoms with Gasteiger partial charge in [-0.25, -0.2) is 4.79 Å². The van der Waals surface area contributed by atoms with E-state index >= 15 is 0 Å². The molecular formula is C15H16ClNO2. The number of halogens is 1. The zero-order valence-electron chi connectivity index (χ0n) is 10.9. The molecule has 1 heterocycles. The highest BCUT2D eigenvalue weighted by Crippen LogP contribution is 2.28. The van der Waals surface area contributed by atoms with Crippen molar-refractivity contribution < 1.29 is 9.90 Å². The van der Waals surface area contributed by atoms with Gasteiger partial charge in [0, 0.05) is 16.9 Å². The average Bonchev–Trinajstić information content (AvgIpc) is 2.72. The number of aryl methyl sites for hydroxylation is 1. The van der Waals surface area contributed by atoms with Gasteiger partial charge in [-0.15, -0.1) is 0 Å². The third-order valence-corrected chi connectivity index (χ3v) is 3.38. The van der Waals surface area contributed by atoms with E-state index in [9.17, 15) is 9.90 Å². The zero-order chi connectivity index (χ0) is 14.0. The van der Waals surface area contributed by atoms with Crippen LogP contribution in [0.2, 0.25) is 5.02 Å². The van der Waals surface area contributed by atoms with E-state index < -0.39 is 12.0 Å². The van der Waals surface area contributed by atoms with Crippen molar-refractivity contribution in [1.29, 1.82) is 0 Å². The molecule has 19 heavy (non-hydrogen) atoms. The van der Waals surface area contributed by atoms with Gasteiger partial charge < -0.3 is 9.67 Å². The van der Waals surface area contributed by atoms with Crippen LogP contribution < -0.4 is 0 Å². The van der Waals surface area contributed by atoms with Crippen LogP contribution in [0.3, 0.4) is 0 Å². The molecule has 0 amide bonds. The molecule has 1 unspecified atom stereocenters. The van der Waals surface area contributed by atoms with E-state index in [4.69, 9.17) is 11.6 Å². The Bertz CT molecular complexity index is 587. The summed E-state index contributed by atoms with van der Waals surface area (Å²) in [7, 11) is 0. The van der Waals surface area contributed by atoms with Gasteiger partial charge in [0.1, 0.15) is 6.04 Å². The predicted octanol–water partition coefficient (Wildman–Crippen LogP) is 4.15. The molecule has 2 aromatic rings. The summed E-state index contributed by atoms with van der Waals surface area (Å²) >= 11 is 5.88. The standard InChI is InChI=1S/C15H16ClNO2/c1-3-13(15(18)19)17-9-10(2)8-14(17)11-4-6-12(16)7-5-11/h4-9,13H,3H2,1-2H3,(H,18,19). The first-order valence-electron chi connectivity index (χ1n) is 6.20. The Hall–Kier alpha value is -1.74. The lowest BCUT2D eigenvalue weighted by Crippen LogP contribution is -2.18. The van der Waals surface area contributed by atoms with Crippen molar-refractivity contribution >= 4 is 17.6 Å². The fourth-order valence-corrected chi connectivity index (χ4v) is 2.34. The fraction of sp³-hybridized carbons (Fsp3) is 0.267. The first kappa shape index (κ1) is 13.7. The molecule has 2 rings (SSSR count). The van der Waals surface area contributed by atoms with Gasteiger partial charge in [0.25, 0.3) is 0 Å². The molecule has 0 fully saturated rings. The normalized spacial score (nSPS) is 12.4. The third-order valence-electron chi connectivity index (χ3n) is 3.13. The maximum absolute atomic E-state index is 11.3. The zero-order valence-corrected chi connectivity index (χ0v) is 11.7. The molecule has 0 aliphatic rings. The maximum atomic E-state index is 11.3. The van der Waals surface area contributed by atoms with Crippen LogP contribution in [0.15, 0.2) is 36.5 Å². The smallest absolute Gasteiger partial charge is 0.326 e. The van der Waals surface area contributed by atoms with Crippen LogP contribution in [0, 0.1) is 6.92 Å². The van der Waals surface area contributed by atoms with Gasteiger partial charge in [-0.3, -0.25) is 0 Å². The number of aliphatic carboxylic acids is 1. The summed E-state index contributed by atoms with van der Waals surface area (Å²) in [6.45, 7) is 3.84. The molecule has 0 saturated heterocycles. The molecule has 1 aromatic heterocycles. The van der Waals surface area contributed by atoms with E-state index in [1.54, 1.807) is 0 Å². The summed E-state index contributed by atoms with van der Waals surface area (Å²) in [4.78, 5) is 11.3. The minimum atomic E-state index is -0.812. The summed E-state index contributed by atoms with van der Waals surface area (Å²) in [6.07, 6.45) is 2.43. The number of nitrogens with zero attached hydrogens (tertiary/aromatic N) is 1. The third kappa shape index (κ3) is 2.82. The number of carboxylic acids is 1. The van der Waals surface area contributed by atoms with Crippen molar-refractivity contribution in [2.75, 3.05) is 0 Å². The van der Waals surface area contributed by atoms with E-state index in [1.807, 2.05) is 54.9 Å². The molecule has 0 saturated carbocycles. The number of hydrogen-bond acceptors (Lipinski definition) is 1. The number of hydrogen-bond donors (Lipinski definition) is 1. The lowest BCUT2D eigenvalue weighted by atomic mass is 10.1. The Morgan fingerprint density at radius 3 is 2.53 bits per heavy atom. The SMILES string of the molecule is CCC(C(=O)O)n1cc(C)cc1-c1ccc(Cl)cc1. The largest absolute Gasteiger partial charge is 0.480 e. The molecule has 0 aliphatic heterocycles. The minimum Gasteiger partial charge on any atom is -0.480 e. The van der Waals surface area contributed by atoms with Crippen LogP contribution >= 0.6 is 11.6 Å². The van der Waals surface area contributed by atoms with Crippen molar-refractivity contribution in [3.05, 3.63) is 47.1 Å². The Balaban J connectivity index is 2.51. The van der Waals surface area contributed by atoms with E-state index in [-0.39, 0.29) is 0 Å². The second-order valence-corrected chi connectivity index (χ2v) is 5.02. The van der Waals surface area contributed by atoms with Crippen LogP contribution in [0.4, 0.5) is 0 Å². The van der Waals surface area contributed by atoms with Crippen LogP contribution in [0.5, 0.6) is 0 Å². The van der Waals surface area contributed by atoms with E-state index in [0.29, 0.717) is 11.4 Å². The van der Waals surface area contributed by atoms with Crippen molar-refractivity contribution in [2.45, 2.75) is 26.3 Å². The molecule has 0 spiro atoms. The Kier molecular flexibility index (Phi) is 3.96. The fourth-order valence-electron chi connectivity index (χ4n) is 2.22. The van der Waals surface area contributed by atoms with Crippen molar-refractivity contribution in [3.8, 4) is 11.3 Å². The van der Waals surface area contributed by atoms with Crippen LogP contribution in [-0.4, -0.2) is 15.6 Å². The molecule has 100 valence electrons. The van der Waals surface area contributed by atoms with Crippen LogP contribution in [0.25, 0.3) is 11.3 Å². The van der Waals surface area contributed by atoms with Gasteiger partial charge >= 0.3 is 5.97 Å². The first-order chi connectivity index (χ1) is 9.02. The minimum absolute atomic E-state index is 0.542. The molecule has 0 bridgehead atoms. The molecule has 0 radical (unpaired) electrons. The highest BCUT2D eigenvalue weighted by atomic mass is 35.5. The Labute approximate surface area is 117 Å². The molecule has 1 atom stereocenters. The number of carboxylic acid groups (broad SMARTS) is 1. The van der Waals surface area contributed by atoms with Gasteiger partial charge in [-0.2, -0.15) is 0 Å². The first-order valence-corrected chi connectivity index (χ1v) is 6.58. The molecule has 1 N–H and O–H groups in total. The van der Waals surface area contributed by atoms with E-state index in [2.05, 4.69) is 0 Å². The topological polar surface area (TPSA) is 42.2 Å². The molecule has 4 heteroatoms.